The van der Waals surface area contributed by atoms with Crippen molar-refractivity contribution in [3.8, 4) is 22.6 Å². The lowest BCUT2D eigenvalue weighted by Gasteiger charge is -2.16. The van der Waals surface area contributed by atoms with Crippen molar-refractivity contribution in [3.63, 3.8) is 0 Å². The molecule has 1 saturated heterocycles. The van der Waals surface area contributed by atoms with Gasteiger partial charge in [-0.25, -0.2) is 9.97 Å². The molecule has 3 aromatic rings. The normalized spacial score (nSPS) is 16.3. The average molecular weight is 413 g/mol. The Morgan fingerprint density at radius 3 is 2.59 bits per heavy atom. The minimum atomic E-state index is -0.0644. The molecule has 0 spiro atoms. The molecule has 0 unspecified atom stereocenters. The van der Waals surface area contributed by atoms with Crippen molar-refractivity contribution in [2.45, 2.75) is 18.1 Å². The fraction of sp³-hybridized carbons (Fsp3) is 0.381. The summed E-state index contributed by atoms with van der Waals surface area (Å²) in [6.07, 6.45) is 4.77. The van der Waals surface area contributed by atoms with Crippen LogP contribution in [-0.2, 0) is 6.54 Å². The number of thioether (sulfide) groups is 1. The van der Waals surface area contributed by atoms with E-state index in [0.717, 1.165) is 30.5 Å². The lowest BCUT2D eigenvalue weighted by atomic mass is 10.0. The Bertz CT molecular complexity index is 1070. The summed E-state index contributed by atoms with van der Waals surface area (Å²) in [5.74, 6) is 1.68. The monoisotopic (exact) mass is 412 g/mol. The Morgan fingerprint density at radius 2 is 1.97 bits per heavy atom. The second-order valence-corrected chi connectivity index (χ2v) is 7.84. The molecule has 2 aromatic heterocycles. The molecule has 1 atom stereocenters. The van der Waals surface area contributed by atoms with E-state index in [4.69, 9.17) is 9.47 Å². The van der Waals surface area contributed by atoms with Crippen LogP contribution in [0, 0.1) is 5.92 Å². The average Bonchev–Trinajstić information content (AvgIpc) is 3.28. The maximum Gasteiger partial charge on any atom is 0.260 e. The van der Waals surface area contributed by atoms with Gasteiger partial charge in [0.2, 0.25) is 0 Å². The van der Waals surface area contributed by atoms with E-state index in [-0.39, 0.29) is 5.56 Å². The highest BCUT2D eigenvalue weighted by Crippen LogP contribution is 2.30. The van der Waals surface area contributed by atoms with Gasteiger partial charge in [0.15, 0.2) is 5.16 Å². The summed E-state index contributed by atoms with van der Waals surface area (Å²) < 4.78 is 12.6. The lowest BCUT2D eigenvalue weighted by molar-refractivity contribution is 0.394. The second kappa shape index (κ2) is 8.42. The van der Waals surface area contributed by atoms with Gasteiger partial charge in [0.1, 0.15) is 17.1 Å². The number of hydrogen-bond acceptors (Lipinski definition) is 7. The molecule has 0 bridgehead atoms. The van der Waals surface area contributed by atoms with Gasteiger partial charge in [0, 0.05) is 29.8 Å². The molecule has 8 heteroatoms. The van der Waals surface area contributed by atoms with Gasteiger partial charge in [0.25, 0.3) is 5.56 Å². The quantitative estimate of drug-likeness (QED) is 0.493. The van der Waals surface area contributed by atoms with Crippen LogP contribution < -0.4 is 20.3 Å². The van der Waals surface area contributed by atoms with Crippen LogP contribution in [-0.4, -0.2) is 48.1 Å². The van der Waals surface area contributed by atoms with Gasteiger partial charge in [-0.05, 0) is 55.4 Å². The fourth-order valence-electron chi connectivity index (χ4n) is 3.71. The first-order chi connectivity index (χ1) is 14.1. The first kappa shape index (κ1) is 19.7. The molecule has 29 heavy (non-hydrogen) atoms. The summed E-state index contributed by atoms with van der Waals surface area (Å²) in [6.45, 7) is 2.52. The second-order valence-electron chi connectivity index (χ2n) is 7.07. The van der Waals surface area contributed by atoms with Crippen LogP contribution in [0.4, 0.5) is 0 Å². The first-order valence-corrected chi connectivity index (χ1v) is 10.7. The van der Waals surface area contributed by atoms with Gasteiger partial charge in [-0.3, -0.25) is 9.36 Å². The number of fused-ring (bicyclic) bond motifs is 1. The number of methoxy groups -OCH3 is 2. The van der Waals surface area contributed by atoms with E-state index in [2.05, 4.69) is 15.3 Å². The first-order valence-electron chi connectivity index (χ1n) is 9.51. The molecular formula is C21H24N4O3S. The Labute approximate surface area is 173 Å². The zero-order valence-electron chi connectivity index (χ0n) is 16.8. The topological polar surface area (TPSA) is 78.3 Å². The molecule has 1 N–H and O–H groups in total. The molecule has 0 radical (unpaired) electrons. The van der Waals surface area contributed by atoms with Gasteiger partial charge in [-0.15, -0.1) is 0 Å². The maximum atomic E-state index is 13.6. The maximum absolute atomic E-state index is 13.6. The van der Waals surface area contributed by atoms with Crippen LogP contribution in [0.3, 0.4) is 0 Å². The Kier molecular flexibility index (Phi) is 5.73. The van der Waals surface area contributed by atoms with Crippen molar-refractivity contribution in [2.24, 2.45) is 5.92 Å². The van der Waals surface area contributed by atoms with Gasteiger partial charge in [-0.1, -0.05) is 11.8 Å². The fourth-order valence-corrected chi connectivity index (χ4v) is 4.05. The molecule has 1 aliphatic rings. The minimum Gasteiger partial charge on any atom is -0.497 e. The molecule has 7 nitrogen and oxygen atoms in total. The van der Waals surface area contributed by atoms with Crippen LogP contribution in [0.25, 0.3) is 22.2 Å². The number of rotatable bonds is 6. The summed E-state index contributed by atoms with van der Waals surface area (Å²) in [5.41, 5.74) is 1.95. The Morgan fingerprint density at radius 1 is 1.21 bits per heavy atom. The van der Waals surface area contributed by atoms with Gasteiger partial charge >= 0.3 is 0 Å². The molecule has 0 amide bonds. The zero-order valence-corrected chi connectivity index (χ0v) is 17.6. The van der Waals surface area contributed by atoms with E-state index >= 15 is 0 Å². The molecule has 0 saturated carbocycles. The third kappa shape index (κ3) is 3.95. The summed E-state index contributed by atoms with van der Waals surface area (Å²) in [7, 11) is 3.20. The molecule has 152 valence electrons. The predicted molar refractivity (Wildman–Crippen MR) is 115 cm³/mol. The summed E-state index contributed by atoms with van der Waals surface area (Å²) >= 11 is 1.47. The number of benzene rings is 1. The van der Waals surface area contributed by atoms with E-state index in [1.54, 1.807) is 31.0 Å². The van der Waals surface area contributed by atoms with E-state index in [1.807, 2.05) is 24.5 Å². The van der Waals surface area contributed by atoms with Crippen molar-refractivity contribution in [1.29, 1.82) is 0 Å². The van der Waals surface area contributed by atoms with Crippen LogP contribution >= 0.6 is 11.8 Å². The van der Waals surface area contributed by atoms with Gasteiger partial charge < -0.3 is 14.8 Å². The van der Waals surface area contributed by atoms with Crippen molar-refractivity contribution in [3.05, 3.63) is 40.8 Å². The smallest absolute Gasteiger partial charge is 0.260 e. The Hall–Kier alpha value is -2.58. The van der Waals surface area contributed by atoms with Crippen molar-refractivity contribution < 1.29 is 9.47 Å². The zero-order chi connectivity index (χ0) is 20.4. The highest BCUT2D eigenvalue weighted by atomic mass is 32.2. The van der Waals surface area contributed by atoms with E-state index in [1.165, 1.54) is 11.8 Å². The van der Waals surface area contributed by atoms with Crippen molar-refractivity contribution in [1.82, 2.24) is 19.9 Å². The number of aromatic nitrogens is 3. The highest BCUT2D eigenvalue weighted by Gasteiger charge is 2.20. The minimum absolute atomic E-state index is 0.0644. The number of nitrogens with one attached hydrogen (secondary N) is 1. The van der Waals surface area contributed by atoms with Crippen LogP contribution in [0.5, 0.6) is 11.5 Å². The SMILES string of the molecule is COc1cc(OC)cc(-c2cc3cnc(SC)nc3n(C[C@@H]3CCNC3)c2=O)c1. The number of ether oxygens (including phenoxy) is 2. The Balaban J connectivity index is 1.93. The van der Waals surface area contributed by atoms with Gasteiger partial charge in [0.05, 0.1) is 14.2 Å². The summed E-state index contributed by atoms with van der Waals surface area (Å²) in [6, 6.07) is 7.36. The molecule has 1 fully saturated rings. The summed E-state index contributed by atoms with van der Waals surface area (Å²) in [5, 5.41) is 4.87. The number of nitrogens with zero attached hydrogens (tertiary/aromatic N) is 3. The van der Waals surface area contributed by atoms with Gasteiger partial charge in [-0.2, -0.15) is 0 Å². The lowest BCUT2D eigenvalue weighted by Crippen LogP contribution is -2.27. The number of hydrogen-bond donors (Lipinski definition) is 1. The third-order valence-electron chi connectivity index (χ3n) is 5.25. The summed E-state index contributed by atoms with van der Waals surface area (Å²) in [4.78, 5) is 22.6. The van der Waals surface area contributed by atoms with Crippen molar-refractivity contribution in [2.75, 3.05) is 33.6 Å². The molecule has 0 aliphatic carbocycles. The van der Waals surface area contributed by atoms with E-state index in [9.17, 15) is 4.79 Å². The van der Waals surface area contributed by atoms with Crippen molar-refractivity contribution >= 4 is 22.8 Å². The van der Waals surface area contributed by atoms with E-state index in [0.29, 0.717) is 40.3 Å². The van der Waals surface area contributed by atoms with Crippen LogP contribution in [0.15, 0.2) is 40.4 Å². The molecule has 4 rings (SSSR count). The molecular weight excluding hydrogens is 388 g/mol. The predicted octanol–water partition coefficient (Wildman–Crippen LogP) is 2.81. The van der Waals surface area contributed by atoms with Crippen LogP contribution in [0.1, 0.15) is 6.42 Å². The highest BCUT2D eigenvalue weighted by molar-refractivity contribution is 7.98. The van der Waals surface area contributed by atoms with E-state index < -0.39 is 0 Å². The largest absolute Gasteiger partial charge is 0.497 e. The molecule has 1 aliphatic heterocycles. The van der Waals surface area contributed by atoms with Crippen LogP contribution in [0.2, 0.25) is 0 Å². The third-order valence-corrected chi connectivity index (χ3v) is 5.81. The molecule has 1 aromatic carbocycles. The standard InChI is InChI=1S/C21H24N4O3S/c1-27-16-6-14(7-17(9-16)28-2)18-8-15-11-23-21(29-3)24-19(15)25(20(18)26)12-13-4-5-22-10-13/h6-9,11,13,22H,4-5,10,12H2,1-3H3/t13-/m1/s1. The molecule has 3 heterocycles. The number of pyridine rings is 1.